The van der Waals surface area contributed by atoms with Crippen LogP contribution in [-0.4, -0.2) is 30.4 Å². The van der Waals surface area contributed by atoms with E-state index in [4.69, 9.17) is 0 Å². The van der Waals surface area contributed by atoms with Crippen molar-refractivity contribution in [3.8, 4) is 0 Å². The maximum Gasteiger partial charge on any atom is 0.241 e. The van der Waals surface area contributed by atoms with Gasteiger partial charge in [-0.1, -0.05) is 25.3 Å². The molecule has 1 heterocycles. The predicted octanol–water partition coefficient (Wildman–Crippen LogP) is 3.34. The highest BCUT2D eigenvalue weighted by molar-refractivity contribution is 5.81. The number of anilines is 1. The number of likely N-dealkylation sites (tertiary alicyclic amines) is 1. The third kappa shape index (κ3) is 4.22. The quantitative estimate of drug-likeness (QED) is 0.919. The lowest BCUT2D eigenvalue weighted by molar-refractivity contribution is -0.129. The summed E-state index contributed by atoms with van der Waals surface area (Å²) in [5, 5.41) is 3.06. The van der Waals surface area contributed by atoms with Crippen LogP contribution in [0.1, 0.15) is 37.7 Å². The number of hydrogen-bond acceptors (Lipinski definition) is 2. The molecule has 1 fully saturated rings. The molecule has 0 atom stereocenters. The molecular weight excluding hydrogens is 255 g/mol. The maximum absolute atomic E-state index is 13.2. The van der Waals surface area contributed by atoms with E-state index in [0.29, 0.717) is 5.69 Å². The first kappa shape index (κ1) is 14.8. The van der Waals surface area contributed by atoms with Crippen molar-refractivity contribution in [3.05, 3.63) is 29.6 Å². The minimum Gasteiger partial charge on any atom is -0.376 e. The van der Waals surface area contributed by atoms with E-state index in [2.05, 4.69) is 5.32 Å². The molecule has 1 N–H and O–H groups in total. The maximum atomic E-state index is 13.2. The highest BCUT2D eigenvalue weighted by Gasteiger charge is 2.14. The van der Waals surface area contributed by atoms with Crippen molar-refractivity contribution in [2.45, 2.75) is 39.0 Å². The SMILES string of the molecule is Cc1ccc(F)cc1NCC(=O)N1CCCCCCC1. The topological polar surface area (TPSA) is 32.3 Å². The third-order valence-corrected chi connectivity index (χ3v) is 3.84. The molecule has 1 aromatic rings. The number of carbonyl (C=O) groups excluding carboxylic acids is 1. The lowest BCUT2D eigenvalue weighted by atomic mass is 10.1. The van der Waals surface area contributed by atoms with Crippen LogP contribution in [0.15, 0.2) is 18.2 Å². The summed E-state index contributed by atoms with van der Waals surface area (Å²) < 4.78 is 13.2. The van der Waals surface area contributed by atoms with E-state index < -0.39 is 0 Å². The average Bonchev–Trinajstić information content (AvgIpc) is 2.39. The smallest absolute Gasteiger partial charge is 0.241 e. The number of amides is 1. The van der Waals surface area contributed by atoms with Gasteiger partial charge in [0.25, 0.3) is 0 Å². The van der Waals surface area contributed by atoms with Crippen molar-refractivity contribution < 1.29 is 9.18 Å². The molecule has 1 saturated heterocycles. The summed E-state index contributed by atoms with van der Waals surface area (Å²) in [7, 11) is 0. The number of carbonyl (C=O) groups is 1. The van der Waals surface area contributed by atoms with Crippen molar-refractivity contribution in [2.24, 2.45) is 0 Å². The zero-order chi connectivity index (χ0) is 14.4. The Kier molecular flexibility index (Phi) is 5.39. The minimum atomic E-state index is -0.281. The van der Waals surface area contributed by atoms with Gasteiger partial charge in [-0.3, -0.25) is 4.79 Å². The molecule has 0 aromatic heterocycles. The summed E-state index contributed by atoms with van der Waals surface area (Å²) in [4.78, 5) is 14.1. The summed E-state index contributed by atoms with van der Waals surface area (Å²) in [5.41, 5.74) is 1.65. The van der Waals surface area contributed by atoms with E-state index >= 15 is 0 Å². The molecule has 2 rings (SSSR count). The Morgan fingerprint density at radius 1 is 1.20 bits per heavy atom. The van der Waals surface area contributed by atoms with Gasteiger partial charge in [-0.2, -0.15) is 0 Å². The van der Waals surface area contributed by atoms with Gasteiger partial charge in [0.15, 0.2) is 0 Å². The molecule has 1 aliphatic rings. The highest BCUT2D eigenvalue weighted by atomic mass is 19.1. The Hall–Kier alpha value is -1.58. The molecule has 3 nitrogen and oxygen atoms in total. The van der Waals surface area contributed by atoms with E-state index in [1.54, 1.807) is 6.07 Å². The first-order valence-corrected chi connectivity index (χ1v) is 7.44. The fourth-order valence-electron chi connectivity index (χ4n) is 2.56. The van der Waals surface area contributed by atoms with Crippen LogP contribution in [-0.2, 0) is 4.79 Å². The van der Waals surface area contributed by atoms with Gasteiger partial charge in [-0.05, 0) is 37.5 Å². The second-order valence-corrected chi connectivity index (χ2v) is 5.46. The molecule has 1 aliphatic heterocycles. The van der Waals surface area contributed by atoms with Crippen LogP contribution in [0.2, 0.25) is 0 Å². The zero-order valence-electron chi connectivity index (χ0n) is 12.1. The number of halogens is 1. The fourth-order valence-corrected chi connectivity index (χ4v) is 2.56. The van der Waals surface area contributed by atoms with Crippen LogP contribution in [0.3, 0.4) is 0 Å². The number of hydrogen-bond donors (Lipinski definition) is 1. The number of nitrogens with one attached hydrogen (secondary N) is 1. The van der Waals surface area contributed by atoms with E-state index in [1.807, 2.05) is 11.8 Å². The predicted molar refractivity (Wildman–Crippen MR) is 79.3 cm³/mol. The van der Waals surface area contributed by atoms with Crippen molar-refractivity contribution in [1.82, 2.24) is 4.90 Å². The van der Waals surface area contributed by atoms with Crippen LogP contribution in [0.4, 0.5) is 10.1 Å². The summed E-state index contributed by atoms with van der Waals surface area (Å²) in [6, 6.07) is 4.59. The molecule has 110 valence electrons. The molecule has 1 aromatic carbocycles. The first-order chi connectivity index (χ1) is 9.66. The number of benzene rings is 1. The summed E-state index contributed by atoms with van der Waals surface area (Å²) in [6.07, 6.45) is 5.87. The number of aryl methyl sites for hydroxylation is 1. The Bertz CT molecular complexity index is 454. The highest BCUT2D eigenvalue weighted by Crippen LogP contribution is 2.16. The van der Waals surface area contributed by atoms with Gasteiger partial charge in [-0.25, -0.2) is 4.39 Å². The second-order valence-electron chi connectivity index (χ2n) is 5.46. The zero-order valence-corrected chi connectivity index (χ0v) is 12.1. The van der Waals surface area contributed by atoms with Crippen molar-refractivity contribution >= 4 is 11.6 Å². The molecule has 0 unspecified atom stereocenters. The van der Waals surface area contributed by atoms with Crippen molar-refractivity contribution in [3.63, 3.8) is 0 Å². The van der Waals surface area contributed by atoms with Gasteiger partial charge in [0.05, 0.1) is 6.54 Å². The molecule has 0 aliphatic carbocycles. The van der Waals surface area contributed by atoms with E-state index in [9.17, 15) is 9.18 Å². The minimum absolute atomic E-state index is 0.107. The van der Waals surface area contributed by atoms with Crippen LogP contribution in [0.5, 0.6) is 0 Å². The van der Waals surface area contributed by atoms with Crippen LogP contribution >= 0.6 is 0 Å². The van der Waals surface area contributed by atoms with Crippen LogP contribution < -0.4 is 5.32 Å². The Morgan fingerprint density at radius 2 is 1.85 bits per heavy atom. The van der Waals surface area contributed by atoms with Gasteiger partial charge in [0, 0.05) is 18.8 Å². The largest absolute Gasteiger partial charge is 0.376 e. The van der Waals surface area contributed by atoms with Gasteiger partial charge in [-0.15, -0.1) is 0 Å². The standard InChI is InChI=1S/C16H23FN2O/c1-13-7-8-14(17)11-15(13)18-12-16(20)19-9-5-3-2-4-6-10-19/h7-8,11,18H,2-6,9-10,12H2,1H3. The molecule has 0 spiro atoms. The lowest BCUT2D eigenvalue weighted by Crippen LogP contribution is -2.37. The van der Waals surface area contributed by atoms with Gasteiger partial charge in [0.1, 0.15) is 5.82 Å². The van der Waals surface area contributed by atoms with Gasteiger partial charge < -0.3 is 10.2 Å². The molecule has 0 saturated carbocycles. The third-order valence-electron chi connectivity index (χ3n) is 3.84. The average molecular weight is 278 g/mol. The first-order valence-electron chi connectivity index (χ1n) is 7.44. The van der Waals surface area contributed by atoms with Gasteiger partial charge in [0.2, 0.25) is 5.91 Å². The summed E-state index contributed by atoms with van der Waals surface area (Å²) >= 11 is 0. The Morgan fingerprint density at radius 3 is 2.55 bits per heavy atom. The molecule has 4 heteroatoms. The summed E-state index contributed by atoms with van der Waals surface area (Å²) in [6.45, 7) is 3.85. The van der Waals surface area contributed by atoms with E-state index in [0.717, 1.165) is 31.5 Å². The van der Waals surface area contributed by atoms with Gasteiger partial charge >= 0.3 is 0 Å². The second kappa shape index (κ2) is 7.27. The monoisotopic (exact) mass is 278 g/mol. The molecule has 1 amide bonds. The molecule has 20 heavy (non-hydrogen) atoms. The van der Waals surface area contributed by atoms with E-state index in [-0.39, 0.29) is 18.3 Å². The van der Waals surface area contributed by atoms with Crippen LogP contribution in [0, 0.1) is 12.7 Å². The summed E-state index contributed by atoms with van der Waals surface area (Å²) in [5.74, 6) is -0.174. The molecular formula is C16H23FN2O. The van der Waals surface area contributed by atoms with Crippen molar-refractivity contribution in [2.75, 3.05) is 25.0 Å². The van der Waals surface area contributed by atoms with Crippen LogP contribution in [0.25, 0.3) is 0 Å². The molecule has 0 radical (unpaired) electrons. The fraction of sp³-hybridized carbons (Fsp3) is 0.562. The lowest BCUT2D eigenvalue weighted by Gasteiger charge is -2.25. The number of rotatable bonds is 3. The number of nitrogens with zero attached hydrogens (tertiary/aromatic N) is 1. The Balaban J connectivity index is 1.88. The molecule has 0 bridgehead atoms. The Labute approximate surface area is 120 Å². The normalized spacial score (nSPS) is 16.4. The van der Waals surface area contributed by atoms with E-state index in [1.165, 1.54) is 31.4 Å². The van der Waals surface area contributed by atoms with Crippen molar-refractivity contribution in [1.29, 1.82) is 0 Å².